The van der Waals surface area contributed by atoms with Gasteiger partial charge in [-0.25, -0.2) is 0 Å². The topological polar surface area (TPSA) is 42.2 Å². The number of carboxylic acids is 1. The number of carboxylic acid groups (broad SMARTS) is 1. The second-order valence-electron chi connectivity index (χ2n) is 5.65. The molecule has 0 saturated heterocycles. The fourth-order valence-electron chi connectivity index (χ4n) is 2.80. The Balaban J connectivity index is 1.87. The predicted octanol–water partition coefficient (Wildman–Crippen LogP) is 4.48. The van der Waals surface area contributed by atoms with E-state index in [1.165, 1.54) is 22.1 Å². The molecule has 0 atom stereocenters. The molecule has 2 aromatic carbocycles. The summed E-state index contributed by atoms with van der Waals surface area (Å²) in [6.45, 7) is 2.83. The molecule has 0 spiro atoms. The van der Waals surface area contributed by atoms with E-state index in [0.717, 1.165) is 12.1 Å². The van der Waals surface area contributed by atoms with E-state index in [-0.39, 0.29) is 6.42 Å². The van der Waals surface area contributed by atoms with Crippen LogP contribution in [0.2, 0.25) is 0 Å². The Morgan fingerprint density at radius 1 is 1.09 bits per heavy atom. The standard InChI is InChI=1S/C19H19NO2/c1-14-4-2-5-15(12-14)16-7-8-18-17(13-16)9-11-20(18)10-3-6-19(21)22/h2,4-5,7-9,11-13H,3,6,10H2,1H3,(H,21,22). The second kappa shape index (κ2) is 6.06. The van der Waals surface area contributed by atoms with Crippen LogP contribution < -0.4 is 0 Å². The molecule has 3 aromatic rings. The zero-order chi connectivity index (χ0) is 15.5. The van der Waals surface area contributed by atoms with Gasteiger partial charge in [-0.05, 0) is 42.7 Å². The van der Waals surface area contributed by atoms with Crippen molar-refractivity contribution in [2.24, 2.45) is 0 Å². The largest absolute Gasteiger partial charge is 0.481 e. The summed E-state index contributed by atoms with van der Waals surface area (Å²) in [6.07, 6.45) is 2.90. The summed E-state index contributed by atoms with van der Waals surface area (Å²) in [5, 5.41) is 9.92. The van der Waals surface area contributed by atoms with E-state index in [9.17, 15) is 4.79 Å². The molecule has 3 nitrogen and oxygen atoms in total. The molecule has 1 N–H and O–H groups in total. The smallest absolute Gasteiger partial charge is 0.303 e. The highest BCUT2D eigenvalue weighted by Gasteiger charge is 2.05. The van der Waals surface area contributed by atoms with Crippen molar-refractivity contribution in [3.8, 4) is 11.1 Å². The Kier molecular flexibility index (Phi) is 3.96. The number of aryl methyl sites for hydroxylation is 2. The SMILES string of the molecule is Cc1cccc(-c2ccc3c(ccn3CCCC(=O)O)c2)c1. The van der Waals surface area contributed by atoms with Crippen LogP contribution in [-0.4, -0.2) is 15.6 Å². The Hall–Kier alpha value is -2.55. The molecule has 3 rings (SSSR count). The van der Waals surface area contributed by atoms with Crippen LogP contribution in [0.3, 0.4) is 0 Å². The highest BCUT2D eigenvalue weighted by molar-refractivity contribution is 5.85. The van der Waals surface area contributed by atoms with E-state index >= 15 is 0 Å². The molecule has 112 valence electrons. The van der Waals surface area contributed by atoms with Gasteiger partial charge in [-0.2, -0.15) is 0 Å². The van der Waals surface area contributed by atoms with Gasteiger partial charge in [-0.3, -0.25) is 4.79 Å². The van der Waals surface area contributed by atoms with Crippen molar-refractivity contribution >= 4 is 16.9 Å². The third-order valence-electron chi connectivity index (χ3n) is 3.91. The fourth-order valence-corrected chi connectivity index (χ4v) is 2.80. The summed E-state index contributed by atoms with van der Waals surface area (Å²) in [6, 6.07) is 17.0. The van der Waals surface area contributed by atoms with Crippen LogP contribution >= 0.6 is 0 Å². The number of carbonyl (C=O) groups is 1. The van der Waals surface area contributed by atoms with Crippen LogP contribution in [0.15, 0.2) is 54.7 Å². The molecule has 0 aliphatic rings. The maximum absolute atomic E-state index is 10.6. The summed E-state index contributed by atoms with van der Waals surface area (Å²) in [5.41, 5.74) is 4.84. The van der Waals surface area contributed by atoms with Crippen molar-refractivity contribution in [2.75, 3.05) is 0 Å². The maximum Gasteiger partial charge on any atom is 0.303 e. The lowest BCUT2D eigenvalue weighted by Crippen LogP contribution is -2.00. The van der Waals surface area contributed by atoms with Crippen molar-refractivity contribution in [3.63, 3.8) is 0 Å². The molecule has 0 saturated carbocycles. The van der Waals surface area contributed by atoms with Gasteiger partial charge in [0, 0.05) is 30.1 Å². The second-order valence-corrected chi connectivity index (χ2v) is 5.65. The van der Waals surface area contributed by atoms with Gasteiger partial charge < -0.3 is 9.67 Å². The first kappa shape index (κ1) is 14.4. The fraction of sp³-hybridized carbons (Fsp3) is 0.211. The summed E-state index contributed by atoms with van der Waals surface area (Å²) in [7, 11) is 0. The Bertz CT molecular complexity index is 817. The first-order chi connectivity index (χ1) is 10.6. The molecule has 0 bridgehead atoms. The van der Waals surface area contributed by atoms with Gasteiger partial charge in [0.05, 0.1) is 0 Å². The number of hydrogen-bond donors (Lipinski definition) is 1. The minimum atomic E-state index is -0.738. The predicted molar refractivity (Wildman–Crippen MR) is 89.0 cm³/mol. The molecule has 0 unspecified atom stereocenters. The molecule has 3 heteroatoms. The summed E-state index contributed by atoms with van der Waals surface area (Å²) >= 11 is 0. The van der Waals surface area contributed by atoms with Gasteiger partial charge in [0.25, 0.3) is 0 Å². The summed E-state index contributed by atoms with van der Waals surface area (Å²) in [4.78, 5) is 10.6. The van der Waals surface area contributed by atoms with Gasteiger partial charge >= 0.3 is 5.97 Å². The molecule has 0 aliphatic carbocycles. The van der Waals surface area contributed by atoms with Gasteiger partial charge in [0.1, 0.15) is 0 Å². The van der Waals surface area contributed by atoms with E-state index in [1.807, 2.05) is 6.20 Å². The number of aliphatic carboxylic acids is 1. The number of fused-ring (bicyclic) bond motifs is 1. The average molecular weight is 293 g/mol. The highest BCUT2D eigenvalue weighted by atomic mass is 16.4. The minimum absolute atomic E-state index is 0.209. The molecule has 0 amide bonds. The van der Waals surface area contributed by atoms with E-state index in [2.05, 4.69) is 60.0 Å². The maximum atomic E-state index is 10.6. The van der Waals surface area contributed by atoms with Crippen molar-refractivity contribution in [1.82, 2.24) is 4.57 Å². The van der Waals surface area contributed by atoms with Crippen LogP contribution in [0.4, 0.5) is 0 Å². The summed E-state index contributed by atoms with van der Waals surface area (Å²) < 4.78 is 2.12. The van der Waals surface area contributed by atoms with Gasteiger partial charge in [0.2, 0.25) is 0 Å². The first-order valence-corrected chi connectivity index (χ1v) is 7.51. The quantitative estimate of drug-likeness (QED) is 0.753. The number of hydrogen-bond acceptors (Lipinski definition) is 1. The van der Waals surface area contributed by atoms with E-state index in [1.54, 1.807) is 0 Å². The Morgan fingerprint density at radius 3 is 2.68 bits per heavy atom. The van der Waals surface area contributed by atoms with E-state index in [0.29, 0.717) is 6.42 Å². The van der Waals surface area contributed by atoms with Crippen LogP contribution in [0.25, 0.3) is 22.0 Å². The van der Waals surface area contributed by atoms with Crippen molar-refractivity contribution in [2.45, 2.75) is 26.3 Å². The number of benzene rings is 2. The van der Waals surface area contributed by atoms with Crippen LogP contribution in [0, 0.1) is 6.92 Å². The van der Waals surface area contributed by atoms with Crippen LogP contribution in [-0.2, 0) is 11.3 Å². The van der Waals surface area contributed by atoms with Crippen LogP contribution in [0.1, 0.15) is 18.4 Å². The molecule has 0 fully saturated rings. The van der Waals surface area contributed by atoms with Crippen molar-refractivity contribution in [3.05, 3.63) is 60.3 Å². The zero-order valence-corrected chi connectivity index (χ0v) is 12.6. The Labute approximate surface area is 129 Å². The lowest BCUT2D eigenvalue weighted by molar-refractivity contribution is -0.137. The van der Waals surface area contributed by atoms with Crippen molar-refractivity contribution in [1.29, 1.82) is 0 Å². The number of aromatic nitrogens is 1. The van der Waals surface area contributed by atoms with Gasteiger partial charge in [0.15, 0.2) is 0 Å². The molecular weight excluding hydrogens is 274 g/mol. The lowest BCUT2D eigenvalue weighted by atomic mass is 10.0. The minimum Gasteiger partial charge on any atom is -0.481 e. The number of nitrogens with zero attached hydrogens (tertiary/aromatic N) is 1. The molecular formula is C19H19NO2. The third-order valence-corrected chi connectivity index (χ3v) is 3.91. The van der Waals surface area contributed by atoms with E-state index in [4.69, 9.17) is 5.11 Å². The van der Waals surface area contributed by atoms with Gasteiger partial charge in [-0.1, -0.05) is 35.9 Å². The molecule has 1 heterocycles. The summed E-state index contributed by atoms with van der Waals surface area (Å²) in [5.74, 6) is -0.738. The molecule has 22 heavy (non-hydrogen) atoms. The van der Waals surface area contributed by atoms with E-state index < -0.39 is 5.97 Å². The molecule has 1 aromatic heterocycles. The monoisotopic (exact) mass is 293 g/mol. The Morgan fingerprint density at radius 2 is 1.91 bits per heavy atom. The zero-order valence-electron chi connectivity index (χ0n) is 12.6. The van der Waals surface area contributed by atoms with Gasteiger partial charge in [-0.15, -0.1) is 0 Å². The molecule has 0 radical (unpaired) electrons. The number of rotatable bonds is 5. The normalized spacial score (nSPS) is 11.0. The highest BCUT2D eigenvalue weighted by Crippen LogP contribution is 2.26. The third kappa shape index (κ3) is 3.03. The molecule has 0 aliphatic heterocycles. The van der Waals surface area contributed by atoms with Crippen molar-refractivity contribution < 1.29 is 9.90 Å². The average Bonchev–Trinajstić information content (AvgIpc) is 2.89. The first-order valence-electron chi connectivity index (χ1n) is 7.51. The lowest BCUT2D eigenvalue weighted by Gasteiger charge is -2.06. The van der Waals surface area contributed by atoms with Crippen LogP contribution in [0.5, 0.6) is 0 Å².